The molecule has 152 valence electrons. The highest BCUT2D eigenvalue weighted by Gasteiger charge is 2.36. The predicted octanol–water partition coefficient (Wildman–Crippen LogP) is 2.24. The summed E-state index contributed by atoms with van der Waals surface area (Å²) in [7, 11) is 1.64. The van der Waals surface area contributed by atoms with Crippen molar-refractivity contribution in [3.63, 3.8) is 0 Å². The van der Waals surface area contributed by atoms with E-state index in [-0.39, 0.29) is 5.91 Å². The fraction of sp³-hybridized carbons (Fsp3) is 0.429. The van der Waals surface area contributed by atoms with Crippen molar-refractivity contribution in [1.82, 2.24) is 29.4 Å². The minimum atomic E-state index is -0.396. The van der Waals surface area contributed by atoms with Crippen molar-refractivity contribution >= 4 is 5.91 Å². The SMILES string of the molecule is CCn1cc(-c2nnc3n2[C@H](Cc2ccccc2)C(=O)N(CCOC)C3)c(C)n1. The average Bonchev–Trinajstić information content (AvgIpc) is 3.32. The molecule has 1 aliphatic heterocycles. The smallest absolute Gasteiger partial charge is 0.246 e. The van der Waals surface area contributed by atoms with Crippen molar-refractivity contribution in [2.24, 2.45) is 0 Å². The van der Waals surface area contributed by atoms with Gasteiger partial charge in [-0.15, -0.1) is 10.2 Å². The number of carbonyl (C=O) groups is 1. The highest BCUT2D eigenvalue weighted by molar-refractivity contribution is 5.83. The first-order chi connectivity index (χ1) is 14.1. The van der Waals surface area contributed by atoms with Crippen LogP contribution in [0.5, 0.6) is 0 Å². The largest absolute Gasteiger partial charge is 0.383 e. The molecule has 8 heteroatoms. The lowest BCUT2D eigenvalue weighted by molar-refractivity contribution is -0.138. The first-order valence-corrected chi connectivity index (χ1v) is 9.92. The van der Waals surface area contributed by atoms with E-state index in [0.29, 0.717) is 31.9 Å². The Morgan fingerprint density at radius 3 is 2.69 bits per heavy atom. The Balaban J connectivity index is 1.77. The molecular formula is C21H26N6O2. The number of aromatic nitrogens is 5. The summed E-state index contributed by atoms with van der Waals surface area (Å²) in [4.78, 5) is 15.2. The molecule has 1 amide bonds. The molecule has 0 fully saturated rings. The Labute approximate surface area is 170 Å². The molecule has 3 aromatic rings. The maximum Gasteiger partial charge on any atom is 0.246 e. The van der Waals surface area contributed by atoms with Gasteiger partial charge in [0.2, 0.25) is 5.91 Å². The van der Waals surface area contributed by atoms with Crippen molar-refractivity contribution < 1.29 is 9.53 Å². The molecule has 29 heavy (non-hydrogen) atoms. The Morgan fingerprint density at radius 1 is 1.21 bits per heavy atom. The molecule has 0 bridgehead atoms. The monoisotopic (exact) mass is 394 g/mol. The van der Waals surface area contributed by atoms with Gasteiger partial charge in [-0.2, -0.15) is 5.10 Å². The van der Waals surface area contributed by atoms with Gasteiger partial charge in [-0.05, 0) is 19.4 Å². The van der Waals surface area contributed by atoms with Crippen LogP contribution in [-0.2, 0) is 29.0 Å². The molecule has 8 nitrogen and oxygen atoms in total. The predicted molar refractivity (Wildman–Crippen MR) is 108 cm³/mol. The van der Waals surface area contributed by atoms with Crippen molar-refractivity contribution in [3.8, 4) is 11.4 Å². The molecule has 1 aliphatic rings. The van der Waals surface area contributed by atoms with Gasteiger partial charge >= 0.3 is 0 Å². The molecule has 0 radical (unpaired) electrons. The second-order valence-corrected chi connectivity index (χ2v) is 7.25. The maximum atomic E-state index is 13.4. The van der Waals surface area contributed by atoms with Gasteiger partial charge in [-0.25, -0.2) is 0 Å². The molecule has 1 aromatic carbocycles. The van der Waals surface area contributed by atoms with Crippen LogP contribution in [-0.4, -0.2) is 55.6 Å². The topological polar surface area (TPSA) is 78.1 Å². The Hall–Kier alpha value is -3.00. The molecule has 2 aromatic heterocycles. The number of nitrogens with zero attached hydrogens (tertiary/aromatic N) is 6. The Morgan fingerprint density at radius 2 is 2.00 bits per heavy atom. The van der Waals surface area contributed by atoms with Crippen molar-refractivity contribution in [3.05, 3.63) is 53.6 Å². The van der Waals surface area contributed by atoms with E-state index in [1.165, 1.54) is 0 Å². The number of hydrogen-bond acceptors (Lipinski definition) is 5. The van der Waals surface area contributed by atoms with Crippen LogP contribution in [0.2, 0.25) is 0 Å². The molecular weight excluding hydrogens is 368 g/mol. The molecule has 0 aliphatic carbocycles. The molecule has 1 atom stereocenters. The second-order valence-electron chi connectivity index (χ2n) is 7.25. The van der Waals surface area contributed by atoms with Crippen LogP contribution in [0.1, 0.15) is 30.0 Å². The van der Waals surface area contributed by atoms with Crippen molar-refractivity contribution in [2.75, 3.05) is 20.3 Å². The first-order valence-electron chi connectivity index (χ1n) is 9.92. The second kappa shape index (κ2) is 8.16. The van der Waals surface area contributed by atoms with Crippen LogP contribution in [0.3, 0.4) is 0 Å². The number of hydrogen-bond donors (Lipinski definition) is 0. The molecule has 4 rings (SSSR count). The van der Waals surface area contributed by atoms with E-state index in [9.17, 15) is 4.79 Å². The number of ether oxygens (including phenoxy) is 1. The van der Waals surface area contributed by atoms with E-state index in [1.54, 1.807) is 7.11 Å². The molecule has 0 saturated heterocycles. The first kappa shape index (κ1) is 19.3. The normalized spacial score (nSPS) is 16.3. The summed E-state index contributed by atoms with van der Waals surface area (Å²) in [6.45, 7) is 6.25. The van der Waals surface area contributed by atoms with Gasteiger partial charge in [0.25, 0.3) is 0 Å². The van der Waals surface area contributed by atoms with E-state index in [1.807, 2.05) is 64.5 Å². The lowest BCUT2D eigenvalue weighted by Crippen LogP contribution is -2.45. The number of methoxy groups -OCH3 is 1. The zero-order chi connectivity index (χ0) is 20.4. The molecule has 0 N–H and O–H groups in total. The summed E-state index contributed by atoms with van der Waals surface area (Å²) in [6.07, 6.45) is 2.57. The lowest BCUT2D eigenvalue weighted by Gasteiger charge is -2.33. The summed E-state index contributed by atoms with van der Waals surface area (Å²) in [5.74, 6) is 1.57. The van der Waals surface area contributed by atoms with E-state index in [2.05, 4.69) is 15.3 Å². The van der Waals surface area contributed by atoms with Gasteiger partial charge in [-0.1, -0.05) is 30.3 Å². The highest BCUT2D eigenvalue weighted by Crippen LogP contribution is 2.31. The molecule has 0 saturated carbocycles. The number of amides is 1. The molecule has 3 heterocycles. The van der Waals surface area contributed by atoms with Crippen molar-refractivity contribution in [1.29, 1.82) is 0 Å². The van der Waals surface area contributed by atoms with Crippen LogP contribution >= 0.6 is 0 Å². The van der Waals surface area contributed by atoms with E-state index in [4.69, 9.17) is 4.74 Å². The van der Waals surface area contributed by atoms with E-state index < -0.39 is 6.04 Å². The van der Waals surface area contributed by atoms with Crippen LogP contribution < -0.4 is 0 Å². The van der Waals surface area contributed by atoms with Gasteiger partial charge in [0, 0.05) is 32.8 Å². The number of benzene rings is 1. The number of rotatable bonds is 7. The quantitative estimate of drug-likeness (QED) is 0.614. The fourth-order valence-electron chi connectivity index (χ4n) is 3.82. The third-order valence-electron chi connectivity index (χ3n) is 5.36. The molecule has 0 unspecified atom stereocenters. The van der Waals surface area contributed by atoms with Gasteiger partial charge in [0.05, 0.1) is 24.4 Å². The Kier molecular flexibility index (Phi) is 5.44. The van der Waals surface area contributed by atoms with Crippen LogP contribution in [0.4, 0.5) is 0 Å². The standard InChI is InChI=1S/C21H26N6O2/c1-4-26-13-17(15(2)24-26)20-23-22-19-14-25(10-11-29-3)21(28)18(27(19)20)12-16-8-6-5-7-9-16/h5-9,13,18H,4,10-12,14H2,1-3H3/t18-/m1/s1. The number of aryl methyl sites for hydroxylation is 2. The Bertz CT molecular complexity index is 994. The van der Waals surface area contributed by atoms with Crippen molar-refractivity contribution in [2.45, 2.75) is 39.4 Å². The van der Waals surface area contributed by atoms with Gasteiger partial charge in [0.1, 0.15) is 6.04 Å². The number of carbonyl (C=O) groups excluding carboxylic acids is 1. The summed E-state index contributed by atoms with van der Waals surface area (Å²) < 4.78 is 9.08. The van der Waals surface area contributed by atoms with Crippen LogP contribution in [0.25, 0.3) is 11.4 Å². The zero-order valence-corrected chi connectivity index (χ0v) is 17.1. The van der Waals surface area contributed by atoms with Gasteiger partial charge in [0.15, 0.2) is 11.6 Å². The highest BCUT2D eigenvalue weighted by atomic mass is 16.5. The van der Waals surface area contributed by atoms with Gasteiger partial charge < -0.3 is 9.64 Å². The fourth-order valence-corrected chi connectivity index (χ4v) is 3.82. The van der Waals surface area contributed by atoms with E-state index in [0.717, 1.165) is 29.2 Å². The third-order valence-corrected chi connectivity index (χ3v) is 5.36. The van der Waals surface area contributed by atoms with E-state index >= 15 is 0 Å². The minimum Gasteiger partial charge on any atom is -0.383 e. The van der Waals surface area contributed by atoms with Crippen LogP contribution in [0.15, 0.2) is 36.5 Å². The lowest BCUT2D eigenvalue weighted by atomic mass is 10.0. The summed E-state index contributed by atoms with van der Waals surface area (Å²) in [5.41, 5.74) is 2.91. The van der Waals surface area contributed by atoms with Crippen LogP contribution in [0, 0.1) is 6.92 Å². The van der Waals surface area contributed by atoms with Gasteiger partial charge in [-0.3, -0.25) is 14.0 Å². The maximum absolute atomic E-state index is 13.4. The number of fused-ring (bicyclic) bond motifs is 1. The average molecular weight is 394 g/mol. The minimum absolute atomic E-state index is 0.0694. The third kappa shape index (κ3) is 3.67. The zero-order valence-electron chi connectivity index (χ0n) is 17.1. The summed E-state index contributed by atoms with van der Waals surface area (Å²) in [6, 6.07) is 9.67. The molecule has 0 spiro atoms. The summed E-state index contributed by atoms with van der Waals surface area (Å²) in [5, 5.41) is 13.4. The summed E-state index contributed by atoms with van der Waals surface area (Å²) >= 11 is 0.